The van der Waals surface area contributed by atoms with Crippen molar-refractivity contribution in [2.75, 3.05) is 18.1 Å². The smallest absolute Gasteiger partial charge is 0.326 e. The number of halogens is 1. The van der Waals surface area contributed by atoms with Gasteiger partial charge in [0.15, 0.2) is 0 Å². The molecule has 2 aromatic carbocycles. The summed E-state index contributed by atoms with van der Waals surface area (Å²) in [5.41, 5.74) is 0.874. The van der Waals surface area contributed by atoms with Gasteiger partial charge in [-0.1, -0.05) is 18.2 Å². The van der Waals surface area contributed by atoms with Crippen LogP contribution in [0.3, 0.4) is 0 Å². The number of carbonyl (C=O) groups excluding carboxylic acids is 2. The molecule has 0 aliphatic carbocycles. The highest BCUT2D eigenvalue weighted by Crippen LogP contribution is 2.17. The van der Waals surface area contributed by atoms with E-state index in [2.05, 4.69) is 0 Å². The van der Waals surface area contributed by atoms with E-state index in [0.29, 0.717) is 11.3 Å². The minimum absolute atomic E-state index is 0.200. The van der Waals surface area contributed by atoms with Crippen molar-refractivity contribution in [3.63, 3.8) is 0 Å². The standard InChI is InChI=1S/C17H16FNO3/c1-2-22-16(20)12-19(15-6-4-3-5-7-15)17(21)13-8-10-14(18)11-9-13/h3-11H,2,12H2,1H3. The first-order valence-corrected chi connectivity index (χ1v) is 6.90. The van der Waals surface area contributed by atoms with Gasteiger partial charge in [0.2, 0.25) is 0 Å². The Labute approximate surface area is 128 Å². The van der Waals surface area contributed by atoms with Crippen molar-refractivity contribution >= 4 is 17.6 Å². The first-order chi connectivity index (χ1) is 10.6. The number of anilines is 1. The molecule has 0 unspecified atom stereocenters. The zero-order valence-electron chi connectivity index (χ0n) is 12.2. The molecule has 2 rings (SSSR count). The lowest BCUT2D eigenvalue weighted by Gasteiger charge is -2.22. The van der Waals surface area contributed by atoms with Crippen LogP contribution in [-0.4, -0.2) is 25.0 Å². The third kappa shape index (κ3) is 3.91. The van der Waals surface area contributed by atoms with E-state index in [1.807, 2.05) is 6.07 Å². The van der Waals surface area contributed by atoms with E-state index < -0.39 is 11.8 Å². The summed E-state index contributed by atoms with van der Waals surface area (Å²) in [6, 6.07) is 14.0. The van der Waals surface area contributed by atoms with E-state index in [9.17, 15) is 14.0 Å². The van der Waals surface area contributed by atoms with Gasteiger partial charge >= 0.3 is 5.97 Å². The summed E-state index contributed by atoms with van der Waals surface area (Å²) in [6.07, 6.45) is 0. The zero-order chi connectivity index (χ0) is 15.9. The Kier molecular flexibility index (Phi) is 5.25. The predicted molar refractivity (Wildman–Crippen MR) is 81.2 cm³/mol. The number of para-hydroxylation sites is 1. The largest absolute Gasteiger partial charge is 0.465 e. The predicted octanol–water partition coefficient (Wildman–Crippen LogP) is 3.04. The van der Waals surface area contributed by atoms with Crippen molar-refractivity contribution in [3.05, 3.63) is 66.0 Å². The molecule has 114 valence electrons. The molecule has 0 aromatic heterocycles. The summed E-state index contributed by atoms with van der Waals surface area (Å²) in [5, 5.41) is 0. The van der Waals surface area contributed by atoms with Crippen molar-refractivity contribution in [1.82, 2.24) is 0 Å². The number of amides is 1. The van der Waals surface area contributed by atoms with Crippen LogP contribution >= 0.6 is 0 Å². The molecule has 0 atom stereocenters. The van der Waals surface area contributed by atoms with Gasteiger partial charge in [0.05, 0.1) is 6.61 Å². The molecular weight excluding hydrogens is 285 g/mol. The highest BCUT2D eigenvalue weighted by atomic mass is 19.1. The summed E-state index contributed by atoms with van der Waals surface area (Å²) >= 11 is 0. The second-order valence-corrected chi connectivity index (χ2v) is 4.54. The minimum Gasteiger partial charge on any atom is -0.465 e. The third-order valence-electron chi connectivity index (χ3n) is 3.00. The van der Waals surface area contributed by atoms with E-state index in [0.717, 1.165) is 0 Å². The Morgan fingerprint density at radius 2 is 1.68 bits per heavy atom. The van der Waals surface area contributed by atoms with Crippen LogP contribution < -0.4 is 4.90 Å². The van der Waals surface area contributed by atoms with Crippen molar-refractivity contribution < 1.29 is 18.7 Å². The van der Waals surface area contributed by atoms with Gasteiger partial charge in [-0.3, -0.25) is 14.5 Å². The maximum Gasteiger partial charge on any atom is 0.326 e. The molecule has 0 aliphatic heterocycles. The Hall–Kier alpha value is -2.69. The quantitative estimate of drug-likeness (QED) is 0.797. The van der Waals surface area contributed by atoms with Crippen LogP contribution in [-0.2, 0) is 9.53 Å². The van der Waals surface area contributed by atoms with Crippen LogP contribution in [0.5, 0.6) is 0 Å². The Balaban J connectivity index is 2.29. The van der Waals surface area contributed by atoms with Gasteiger partial charge in [-0.05, 0) is 43.3 Å². The number of carbonyl (C=O) groups is 2. The van der Waals surface area contributed by atoms with E-state index in [4.69, 9.17) is 4.74 Å². The molecule has 0 aliphatic rings. The monoisotopic (exact) mass is 301 g/mol. The molecule has 0 fully saturated rings. The van der Waals surface area contributed by atoms with Crippen molar-refractivity contribution in [1.29, 1.82) is 0 Å². The van der Waals surface area contributed by atoms with Gasteiger partial charge < -0.3 is 4.74 Å². The number of benzene rings is 2. The van der Waals surface area contributed by atoms with Crippen molar-refractivity contribution in [2.45, 2.75) is 6.92 Å². The fourth-order valence-electron chi connectivity index (χ4n) is 1.97. The van der Waals surface area contributed by atoms with Gasteiger partial charge in [-0.15, -0.1) is 0 Å². The summed E-state index contributed by atoms with van der Waals surface area (Å²) in [4.78, 5) is 25.6. The zero-order valence-corrected chi connectivity index (χ0v) is 12.2. The molecule has 4 nitrogen and oxygen atoms in total. The van der Waals surface area contributed by atoms with Crippen LogP contribution in [0.1, 0.15) is 17.3 Å². The lowest BCUT2D eigenvalue weighted by atomic mass is 10.1. The van der Waals surface area contributed by atoms with Gasteiger partial charge in [-0.25, -0.2) is 4.39 Å². The van der Waals surface area contributed by atoms with Crippen molar-refractivity contribution in [2.24, 2.45) is 0 Å². The fraction of sp³-hybridized carbons (Fsp3) is 0.176. The second kappa shape index (κ2) is 7.36. The van der Waals surface area contributed by atoms with Crippen LogP contribution in [0, 0.1) is 5.82 Å². The molecule has 0 bridgehead atoms. The maximum atomic E-state index is 13.0. The number of hydrogen-bond acceptors (Lipinski definition) is 3. The number of nitrogens with zero attached hydrogens (tertiary/aromatic N) is 1. The Morgan fingerprint density at radius 3 is 2.27 bits per heavy atom. The molecule has 0 saturated heterocycles. The third-order valence-corrected chi connectivity index (χ3v) is 3.00. The Morgan fingerprint density at radius 1 is 1.05 bits per heavy atom. The van der Waals surface area contributed by atoms with Crippen LogP contribution in [0.4, 0.5) is 10.1 Å². The van der Waals surface area contributed by atoms with Crippen LogP contribution in [0.25, 0.3) is 0 Å². The minimum atomic E-state index is -0.498. The SMILES string of the molecule is CCOC(=O)CN(C(=O)c1ccc(F)cc1)c1ccccc1. The fourth-order valence-corrected chi connectivity index (χ4v) is 1.97. The maximum absolute atomic E-state index is 13.0. The van der Waals surface area contributed by atoms with E-state index in [1.54, 1.807) is 31.2 Å². The molecule has 2 aromatic rings. The van der Waals surface area contributed by atoms with Gasteiger partial charge in [-0.2, -0.15) is 0 Å². The number of ether oxygens (including phenoxy) is 1. The van der Waals surface area contributed by atoms with Gasteiger partial charge in [0, 0.05) is 11.3 Å². The van der Waals surface area contributed by atoms with Gasteiger partial charge in [0.1, 0.15) is 12.4 Å². The normalized spacial score (nSPS) is 10.1. The molecule has 1 amide bonds. The molecule has 0 heterocycles. The molecule has 0 saturated carbocycles. The lowest BCUT2D eigenvalue weighted by molar-refractivity contribution is -0.141. The molecule has 5 heteroatoms. The first-order valence-electron chi connectivity index (χ1n) is 6.90. The highest BCUT2D eigenvalue weighted by Gasteiger charge is 2.21. The molecule has 0 spiro atoms. The molecule has 0 N–H and O–H groups in total. The van der Waals surface area contributed by atoms with Gasteiger partial charge in [0.25, 0.3) is 5.91 Å². The summed E-state index contributed by atoms with van der Waals surface area (Å²) in [7, 11) is 0. The summed E-state index contributed by atoms with van der Waals surface area (Å²) in [5.74, 6) is -1.31. The van der Waals surface area contributed by atoms with Crippen LogP contribution in [0.2, 0.25) is 0 Å². The highest BCUT2D eigenvalue weighted by molar-refractivity contribution is 6.08. The Bertz CT molecular complexity index is 641. The number of hydrogen-bond donors (Lipinski definition) is 0. The van der Waals surface area contributed by atoms with Crippen molar-refractivity contribution in [3.8, 4) is 0 Å². The van der Waals surface area contributed by atoms with E-state index in [-0.39, 0.29) is 19.1 Å². The van der Waals surface area contributed by atoms with Crippen LogP contribution in [0.15, 0.2) is 54.6 Å². The average molecular weight is 301 g/mol. The average Bonchev–Trinajstić information content (AvgIpc) is 2.54. The number of esters is 1. The summed E-state index contributed by atoms with van der Waals surface area (Å²) < 4.78 is 17.9. The number of rotatable bonds is 5. The van der Waals surface area contributed by atoms with E-state index >= 15 is 0 Å². The molecule has 22 heavy (non-hydrogen) atoms. The van der Waals surface area contributed by atoms with E-state index in [1.165, 1.54) is 29.2 Å². The first kappa shape index (κ1) is 15.7. The molecule has 0 radical (unpaired) electrons. The lowest BCUT2D eigenvalue weighted by Crippen LogP contribution is -2.36. The molecular formula is C17H16FNO3. The summed E-state index contributed by atoms with van der Waals surface area (Å²) in [6.45, 7) is 1.74. The second-order valence-electron chi connectivity index (χ2n) is 4.54. The topological polar surface area (TPSA) is 46.6 Å².